The van der Waals surface area contributed by atoms with Gasteiger partial charge in [-0.2, -0.15) is 0 Å². The second-order valence-electron chi connectivity index (χ2n) is 5.67. The van der Waals surface area contributed by atoms with Crippen molar-refractivity contribution in [2.75, 3.05) is 0 Å². The SMILES string of the molecule is Cl.FC(F)(F)[s+]1c(C2CCCCCC2)cc2ccc(Cl)cc21. The molecular weight excluding hydrogens is 352 g/mol. The topological polar surface area (TPSA) is 0 Å². The van der Waals surface area contributed by atoms with Crippen LogP contribution >= 0.6 is 34.5 Å². The van der Waals surface area contributed by atoms with Gasteiger partial charge in [0.2, 0.25) is 0 Å². The summed E-state index contributed by atoms with van der Waals surface area (Å²) in [7, 11) is -1.80. The molecule has 0 nitrogen and oxygen atoms in total. The van der Waals surface area contributed by atoms with E-state index in [0.29, 0.717) is 20.0 Å². The van der Waals surface area contributed by atoms with Crippen LogP contribution < -0.4 is 0 Å². The van der Waals surface area contributed by atoms with Crippen molar-refractivity contribution in [3.05, 3.63) is 34.2 Å². The quantitative estimate of drug-likeness (QED) is 0.359. The molecule has 0 bridgehead atoms. The van der Waals surface area contributed by atoms with Gasteiger partial charge in [0.1, 0.15) is 0 Å². The van der Waals surface area contributed by atoms with Gasteiger partial charge < -0.3 is 0 Å². The van der Waals surface area contributed by atoms with Gasteiger partial charge in [0.25, 0.3) is 0 Å². The third kappa shape index (κ3) is 3.55. The first-order valence-electron chi connectivity index (χ1n) is 7.29. The van der Waals surface area contributed by atoms with Crippen LogP contribution in [0.3, 0.4) is 0 Å². The standard InChI is InChI=1S/C16H17ClF3S.ClH/c17-13-8-7-12-9-14(11-5-3-1-2-4-6-11)21(15(12)10-13)16(18,19)20;/h7-11H,1-6H2;1H/q+1;. The summed E-state index contributed by atoms with van der Waals surface area (Å²) in [5, 5.41) is 1.07. The molecule has 0 N–H and O–H groups in total. The lowest BCUT2D eigenvalue weighted by Gasteiger charge is -2.10. The average Bonchev–Trinajstić information content (AvgIpc) is 2.59. The Morgan fingerprint density at radius 3 is 2.23 bits per heavy atom. The largest absolute Gasteiger partial charge is 0.600 e. The third-order valence-electron chi connectivity index (χ3n) is 4.22. The Hall–Kier alpha value is -0.450. The van der Waals surface area contributed by atoms with E-state index in [4.69, 9.17) is 11.6 Å². The molecule has 1 saturated carbocycles. The van der Waals surface area contributed by atoms with E-state index in [1.807, 2.05) is 0 Å². The average molecular weight is 370 g/mol. The highest BCUT2D eigenvalue weighted by Crippen LogP contribution is 2.55. The summed E-state index contributed by atoms with van der Waals surface area (Å²) in [5.41, 5.74) is -4.21. The fourth-order valence-corrected chi connectivity index (χ4v) is 5.68. The summed E-state index contributed by atoms with van der Waals surface area (Å²) in [6, 6.07) is 6.66. The van der Waals surface area contributed by atoms with Crippen LogP contribution in [-0.2, 0) is 5.51 Å². The van der Waals surface area contributed by atoms with E-state index >= 15 is 0 Å². The van der Waals surface area contributed by atoms with Crippen LogP contribution in [0, 0.1) is 0 Å². The molecule has 1 aromatic carbocycles. The van der Waals surface area contributed by atoms with Crippen LogP contribution in [0.15, 0.2) is 24.3 Å². The predicted octanol–water partition coefficient (Wildman–Crippen LogP) is 7.58. The van der Waals surface area contributed by atoms with Crippen LogP contribution in [0.4, 0.5) is 13.2 Å². The van der Waals surface area contributed by atoms with Gasteiger partial charge in [0.05, 0.1) is 10.5 Å². The molecule has 1 unspecified atom stereocenters. The van der Waals surface area contributed by atoms with Crippen molar-refractivity contribution in [3.63, 3.8) is 0 Å². The summed E-state index contributed by atoms with van der Waals surface area (Å²) >= 11 is 5.91. The zero-order valence-corrected chi connectivity index (χ0v) is 14.3. The maximum atomic E-state index is 13.6. The van der Waals surface area contributed by atoms with E-state index in [-0.39, 0.29) is 18.3 Å². The molecule has 2 aromatic rings. The Kier molecular flexibility index (Phi) is 5.68. The lowest BCUT2D eigenvalue weighted by Crippen LogP contribution is -2.02. The molecule has 0 saturated heterocycles. The Morgan fingerprint density at radius 2 is 1.64 bits per heavy atom. The second-order valence-corrected chi connectivity index (χ2v) is 8.09. The van der Waals surface area contributed by atoms with Gasteiger partial charge in [-0.1, -0.05) is 37.3 Å². The number of benzene rings is 1. The number of alkyl halides is 3. The molecule has 22 heavy (non-hydrogen) atoms. The minimum absolute atomic E-state index is 0. The maximum absolute atomic E-state index is 13.6. The van der Waals surface area contributed by atoms with Gasteiger partial charge in [-0.25, -0.2) is 0 Å². The Morgan fingerprint density at radius 1 is 1.00 bits per heavy atom. The molecule has 122 valence electrons. The fraction of sp³-hybridized carbons (Fsp3) is 0.500. The van der Waals surface area contributed by atoms with Gasteiger partial charge >= 0.3 is 5.51 Å². The van der Waals surface area contributed by atoms with Gasteiger partial charge in [-0.05, 0) is 25.0 Å². The number of thiophene rings is 1. The summed E-state index contributed by atoms with van der Waals surface area (Å²) < 4.78 is 41.2. The highest BCUT2D eigenvalue weighted by atomic mass is 35.5. The fourth-order valence-electron chi connectivity index (χ4n) is 3.25. The predicted molar refractivity (Wildman–Crippen MR) is 90.4 cm³/mol. The highest BCUT2D eigenvalue weighted by molar-refractivity contribution is 7.38. The van der Waals surface area contributed by atoms with E-state index in [1.54, 1.807) is 18.2 Å². The smallest absolute Gasteiger partial charge is 0.147 e. The zero-order chi connectivity index (χ0) is 15.0. The Bertz CT molecular complexity index is 641. The molecule has 0 spiro atoms. The number of halogens is 5. The van der Waals surface area contributed by atoms with Crippen LogP contribution in [0.5, 0.6) is 0 Å². The highest BCUT2D eigenvalue weighted by Gasteiger charge is 2.49. The lowest BCUT2D eigenvalue weighted by molar-refractivity contribution is -0.0868. The van der Waals surface area contributed by atoms with Gasteiger partial charge in [-0.15, -0.1) is 25.6 Å². The van der Waals surface area contributed by atoms with Crippen molar-refractivity contribution in [3.8, 4) is 0 Å². The first-order valence-corrected chi connectivity index (χ1v) is 8.89. The van der Waals surface area contributed by atoms with E-state index in [1.165, 1.54) is 6.07 Å². The van der Waals surface area contributed by atoms with E-state index in [9.17, 15) is 13.2 Å². The molecular formula is C16H18Cl2F3S+. The molecule has 6 heteroatoms. The zero-order valence-electron chi connectivity index (χ0n) is 12.0. The molecule has 1 atom stereocenters. The van der Waals surface area contributed by atoms with Gasteiger partial charge in [-0.3, -0.25) is 0 Å². The van der Waals surface area contributed by atoms with E-state index < -0.39 is 16.0 Å². The van der Waals surface area contributed by atoms with Crippen LogP contribution in [0.2, 0.25) is 5.02 Å². The third-order valence-corrected chi connectivity index (χ3v) is 6.63. The van der Waals surface area contributed by atoms with Crippen molar-refractivity contribution in [1.29, 1.82) is 0 Å². The monoisotopic (exact) mass is 369 g/mol. The minimum Gasteiger partial charge on any atom is -0.147 e. The molecule has 1 fully saturated rings. The number of rotatable bonds is 1. The molecule has 1 aliphatic rings. The van der Waals surface area contributed by atoms with Crippen molar-refractivity contribution in [1.82, 2.24) is 0 Å². The van der Waals surface area contributed by atoms with Crippen LogP contribution in [0.25, 0.3) is 10.1 Å². The first-order chi connectivity index (χ1) is 9.97. The molecule has 1 aliphatic carbocycles. The normalized spacial score (nSPS) is 18.1. The van der Waals surface area contributed by atoms with Crippen molar-refractivity contribution in [2.45, 2.75) is 50.0 Å². The molecule has 0 amide bonds. The summed E-state index contributed by atoms with van der Waals surface area (Å²) in [4.78, 5) is 0.585. The lowest BCUT2D eigenvalue weighted by atomic mass is 9.98. The Labute approximate surface area is 142 Å². The van der Waals surface area contributed by atoms with Crippen LogP contribution in [-0.4, -0.2) is 0 Å². The maximum Gasteiger partial charge on any atom is 0.600 e. The van der Waals surface area contributed by atoms with E-state index in [2.05, 4.69) is 0 Å². The van der Waals surface area contributed by atoms with E-state index in [0.717, 1.165) is 38.5 Å². The minimum atomic E-state index is -4.21. The molecule has 1 aromatic heterocycles. The summed E-state index contributed by atoms with van der Waals surface area (Å²) in [5.74, 6) is 0.0728. The molecule has 0 aliphatic heterocycles. The summed E-state index contributed by atoms with van der Waals surface area (Å²) in [6.45, 7) is 0. The number of hydrogen-bond donors (Lipinski definition) is 0. The molecule has 1 heterocycles. The van der Waals surface area contributed by atoms with Gasteiger partial charge in [0.15, 0.2) is 9.58 Å². The number of fused-ring (bicyclic) bond motifs is 1. The van der Waals surface area contributed by atoms with Gasteiger partial charge in [0, 0.05) is 28.5 Å². The van der Waals surface area contributed by atoms with Crippen molar-refractivity contribution in [2.24, 2.45) is 0 Å². The second kappa shape index (κ2) is 6.98. The summed E-state index contributed by atoms with van der Waals surface area (Å²) in [6.07, 6.45) is 6.12. The number of hydrogen-bond acceptors (Lipinski definition) is 0. The Balaban J connectivity index is 0.00000176. The van der Waals surface area contributed by atoms with Crippen molar-refractivity contribution >= 4 is 44.6 Å². The molecule has 3 rings (SSSR count). The first kappa shape index (κ1) is 17.9. The van der Waals surface area contributed by atoms with Crippen molar-refractivity contribution < 1.29 is 13.2 Å². The molecule has 0 radical (unpaired) electrons. The van der Waals surface area contributed by atoms with Crippen LogP contribution in [0.1, 0.15) is 49.3 Å².